The van der Waals surface area contributed by atoms with Crippen molar-refractivity contribution in [3.05, 3.63) is 264 Å². The highest BCUT2D eigenvalue weighted by atomic mass is 35.5. The maximum Gasteiger partial charge on any atom is 0.408 e. The van der Waals surface area contributed by atoms with Crippen LogP contribution in [-0.4, -0.2) is 112 Å². The van der Waals surface area contributed by atoms with E-state index in [1.165, 1.54) is 6.33 Å². The van der Waals surface area contributed by atoms with Gasteiger partial charge in [-0.1, -0.05) is 142 Å². The molecule has 5 saturated carbocycles. The number of imidazole rings is 2. The Balaban J connectivity index is 0.000000129. The van der Waals surface area contributed by atoms with Crippen LogP contribution in [0.15, 0.2) is 167 Å². The molecule has 5 atom stereocenters. The largest absolute Gasteiger partial charge is 0.444 e. The highest BCUT2D eigenvalue weighted by molar-refractivity contribution is 6.69. The number of carbonyl (C=O) groups is 5. The van der Waals surface area contributed by atoms with Crippen molar-refractivity contribution < 1.29 is 33.4 Å². The van der Waals surface area contributed by atoms with Crippen LogP contribution in [0.5, 0.6) is 0 Å². The van der Waals surface area contributed by atoms with Crippen molar-refractivity contribution in [1.29, 1.82) is 0 Å². The molecule has 1 saturated heterocycles. The summed E-state index contributed by atoms with van der Waals surface area (Å²) in [7, 11) is 0. The number of ether oxygens (including phenoxy) is 2. The number of aryl methyl sites for hydroxylation is 2. The summed E-state index contributed by atoms with van der Waals surface area (Å²) in [5.41, 5.74) is 14.4. The van der Waals surface area contributed by atoms with Crippen LogP contribution in [0.3, 0.4) is 0 Å². The first kappa shape index (κ1) is 94.3. The van der Waals surface area contributed by atoms with E-state index in [0.717, 1.165) is 146 Å². The summed E-state index contributed by atoms with van der Waals surface area (Å²) >= 11 is 42.0. The number of alkyl carbamates (subject to hydrolysis) is 1. The molecule has 0 spiro atoms. The van der Waals surface area contributed by atoms with E-state index >= 15 is 0 Å². The van der Waals surface area contributed by atoms with E-state index in [2.05, 4.69) is 67.5 Å². The maximum atomic E-state index is 13.4. The number of nitrogens with two attached hydrogens (primary N) is 1. The number of carbonyl (C=O) groups excluding carboxylic acids is 5. The minimum atomic E-state index is -0.747. The average Bonchev–Trinajstić information content (AvgIpc) is 1.23. The van der Waals surface area contributed by atoms with Crippen molar-refractivity contribution in [2.24, 2.45) is 5.73 Å². The number of rotatable bonds is 20. The Morgan fingerprint density at radius 2 is 0.984 bits per heavy atom. The fourth-order valence-electron chi connectivity index (χ4n) is 15.4. The number of aromatic nitrogens is 11. The zero-order valence-corrected chi connectivity index (χ0v) is 77.9. The van der Waals surface area contributed by atoms with Gasteiger partial charge in [-0.2, -0.15) is 0 Å². The molecule has 129 heavy (non-hydrogen) atoms. The van der Waals surface area contributed by atoms with Gasteiger partial charge in [0.2, 0.25) is 0 Å². The average molecular weight is 1890 g/mol. The van der Waals surface area contributed by atoms with Gasteiger partial charge >= 0.3 is 6.09 Å². The van der Waals surface area contributed by atoms with Gasteiger partial charge in [-0.15, -0.1) is 0 Å². The molecule has 5 aliphatic carbocycles. The van der Waals surface area contributed by atoms with Crippen molar-refractivity contribution >= 4 is 176 Å². The van der Waals surface area contributed by atoms with E-state index in [9.17, 15) is 38.4 Å². The number of Topliss-reactive ketones (excluding diaryl/α,β-unsaturated/α-hetero) is 1. The van der Waals surface area contributed by atoms with Crippen LogP contribution in [0.1, 0.15) is 239 Å². The molecular formula is C95H100Cl7N17O10. The highest BCUT2D eigenvalue weighted by Crippen LogP contribution is 2.42. The summed E-state index contributed by atoms with van der Waals surface area (Å²) in [5, 5.41) is 21.8. The van der Waals surface area contributed by atoms with Gasteiger partial charge in [-0.3, -0.25) is 38.1 Å². The third kappa shape index (κ3) is 23.0. The normalized spacial score (nSPS) is 16.2. The predicted octanol–water partition coefficient (Wildman–Crippen LogP) is 20.7. The van der Waals surface area contributed by atoms with E-state index in [4.69, 9.17) is 96.4 Å². The lowest BCUT2D eigenvalue weighted by Crippen LogP contribution is -2.42. The Kier molecular flexibility index (Phi) is 30.0. The van der Waals surface area contributed by atoms with E-state index in [1.54, 1.807) is 114 Å². The van der Waals surface area contributed by atoms with E-state index in [-0.39, 0.29) is 83.2 Å². The Bertz CT molecular complexity index is 6560. The van der Waals surface area contributed by atoms with Crippen molar-refractivity contribution in [1.82, 2.24) is 69.1 Å². The van der Waals surface area contributed by atoms with Crippen LogP contribution in [0, 0.1) is 13.8 Å². The van der Waals surface area contributed by atoms with Crippen LogP contribution < -0.4 is 49.0 Å². The number of hydrogen-bond donors (Lipinski definition) is 7. The summed E-state index contributed by atoms with van der Waals surface area (Å²) in [4.78, 5) is 128. The zero-order valence-electron chi connectivity index (χ0n) is 72.6. The van der Waals surface area contributed by atoms with E-state index < -0.39 is 23.0 Å². The second-order valence-electron chi connectivity index (χ2n) is 34.2. The molecule has 0 bridgehead atoms. The van der Waals surface area contributed by atoms with Gasteiger partial charge in [0.25, 0.3) is 33.7 Å². The first-order valence-corrected chi connectivity index (χ1v) is 45.7. The van der Waals surface area contributed by atoms with Gasteiger partial charge in [0.1, 0.15) is 30.0 Å². The summed E-state index contributed by atoms with van der Waals surface area (Å²) in [6.07, 6.45) is 19.1. The Morgan fingerprint density at radius 3 is 1.45 bits per heavy atom. The van der Waals surface area contributed by atoms with Gasteiger partial charge in [0.05, 0.1) is 93.8 Å². The van der Waals surface area contributed by atoms with Crippen LogP contribution in [-0.2, 0) is 20.7 Å². The van der Waals surface area contributed by atoms with E-state index in [0.29, 0.717) is 103 Å². The summed E-state index contributed by atoms with van der Waals surface area (Å²) in [6.45, 7) is 17.2. The molecule has 6 aromatic carbocycles. The predicted molar refractivity (Wildman–Crippen MR) is 510 cm³/mol. The molecule has 13 aromatic rings. The lowest BCUT2D eigenvalue weighted by molar-refractivity contribution is -0.120. The molecule has 6 fully saturated rings. The van der Waals surface area contributed by atoms with E-state index in [1.807, 2.05) is 107 Å². The molecule has 2 unspecified atom stereocenters. The number of fused-ring (bicyclic) bond motifs is 5. The highest BCUT2D eigenvalue weighted by Gasteiger charge is 2.35. The van der Waals surface area contributed by atoms with Crippen molar-refractivity contribution in [2.75, 3.05) is 17.2 Å². The number of ketones is 1. The van der Waals surface area contributed by atoms with Gasteiger partial charge in [0.15, 0.2) is 34.2 Å². The second kappa shape index (κ2) is 41.1. The number of anilines is 2. The molecule has 8 heterocycles. The van der Waals surface area contributed by atoms with Crippen molar-refractivity contribution in [3.8, 4) is 0 Å². The van der Waals surface area contributed by atoms with Crippen molar-refractivity contribution in [3.63, 3.8) is 0 Å². The maximum absolute atomic E-state index is 13.4. The van der Waals surface area contributed by atoms with Crippen LogP contribution in [0.2, 0.25) is 30.1 Å². The molecule has 674 valence electrons. The monoisotopic (exact) mass is 1880 g/mol. The lowest BCUT2D eigenvalue weighted by Gasteiger charge is -2.24. The van der Waals surface area contributed by atoms with Gasteiger partial charge in [0, 0.05) is 66.4 Å². The minimum Gasteiger partial charge on any atom is -0.444 e. The lowest BCUT2D eigenvalue weighted by atomic mass is 9.99. The van der Waals surface area contributed by atoms with Crippen molar-refractivity contribution in [2.45, 2.75) is 218 Å². The van der Waals surface area contributed by atoms with Gasteiger partial charge in [-0.05, 0) is 245 Å². The molecule has 34 heteroatoms. The second-order valence-corrected chi connectivity index (χ2v) is 37.0. The van der Waals surface area contributed by atoms with Crippen LogP contribution >= 0.6 is 81.2 Å². The Morgan fingerprint density at radius 1 is 0.535 bits per heavy atom. The molecule has 6 aliphatic rings. The molecule has 7 aromatic heterocycles. The number of pyridine rings is 3. The number of hydrogen-bond acceptors (Lipinski definition) is 19. The SMILES string of the molecule is CC(NC(=O)OC(C)(C)C)C(=O)Cc1cccc(Cl)c1C(=O)NC1CC1.C[C@H](N)c1cc2cccc(Cl)c2c(=O)n1C1CC1.C[C@H](Nc1ncnc2c1ncn2C1CCCCO1)c1cc2cccc(Cl)c2c(=O)n1C1CC1.C[C@H](Nc1ncnc2nc[nH]c12)c1cc2cccc(Cl)c2c(=O)n1C1CC1.Cc1cccc(Cl)c1C(=O)Cl.Cc1cccc(Cl)c1C(=O)NC1CC1. The number of halogens is 7. The smallest absolute Gasteiger partial charge is 0.408 e. The van der Waals surface area contributed by atoms with Crippen LogP contribution in [0.25, 0.3) is 54.6 Å². The van der Waals surface area contributed by atoms with Gasteiger partial charge in [-0.25, -0.2) is 34.7 Å². The fraction of sp³-hybridized carbons (Fsp3) is 0.368. The quantitative estimate of drug-likeness (QED) is 0.0349. The molecule has 1 aliphatic heterocycles. The third-order valence-corrected chi connectivity index (χ3v) is 24.7. The standard InChI is InChI=1S/C24H25ClN6O2.C19H17ClN6O.C19H25ClN2O4.C14H15ClN2O.C11H12ClNO.C8H6Cl2O/c1-14(18-11-15-5-4-6-17(25)20(15)24(32)31(18)16-8-9-16)29-22-21-23(27-12-26-22)30(13-28-21)19-7-2-3-10-33-19;1-10(25-18-16-17(22-8-21-16)23-9-24-18)14-7-11-3-2-4-13(20)15(11)19(27)26(14)12-5-6-12;1-11(21-18(25)26-19(2,3)4)15(23)10-12-6-5-7-14(20)16(12)17(24)22-13-8-9-13;1-8(16)12-7-9-3-2-4-11(15)13(9)14(18)17(12)10-5-6-10;1-7-3-2-4-9(12)10(7)11(14)13-8-5-6-8;1-5-3-2-4-6(9)7(5)8(10)11/h4-6,11-14,16,19H,2-3,7-10H2,1H3,(H,26,27,29);2-4,7-10,12H,5-6H2,1H3,(H2,21,22,23,24,25);5-7,11,13H,8-10H2,1-4H3,(H,21,25)(H,22,24);2-4,7-8,10H,5-6,16H2,1H3;2-4,8H,5-6H2,1H3,(H,13,14);2-4H,1H3/t14-,19?;10-;;8-;;/m00.0../s1. The zero-order chi connectivity index (χ0) is 92.0. The van der Waals surface area contributed by atoms with Gasteiger partial charge < -0.3 is 60.5 Å². The number of amides is 3. The first-order chi connectivity index (χ1) is 61.7. The number of nitrogens with one attached hydrogen (secondary N) is 6. The Hall–Kier alpha value is -10.9. The molecule has 0 radical (unpaired) electrons. The number of aromatic amines is 1. The fourth-order valence-corrected chi connectivity index (χ4v) is 17.4. The first-order valence-electron chi connectivity index (χ1n) is 43.1. The molecule has 3 amide bonds. The molecule has 19 rings (SSSR count). The third-order valence-electron chi connectivity index (χ3n) is 22.6. The number of H-pyrrole nitrogens is 1. The Labute approximate surface area is 779 Å². The number of nitrogens with zero attached hydrogens (tertiary/aromatic N) is 10. The minimum absolute atomic E-state index is 0.00657. The molecule has 27 nitrogen and oxygen atoms in total. The molecular weight excluding hydrogens is 1790 g/mol. The molecule has 8 N–H and O–H groups in total. The topological polar surface area (TPSA) is 354 Å². The summed E-state index contributed by atoms with van der Waals surface area (Å²) in [6, 6.07) is 38.6. The summed E-state index contributed by atoms with van der Waals surface area (Å²) in [5.74, 6) is 0.747. The number of benzene rings is 6. The summed E-state index contributed by atoms with van der Waals surface area (Å²) < 4.78 is 18.7. The van der Waals surface area contributed by atoms with Crippen LogP contribution in [0.4, 0.5) is 16.4 Å².